The van der Waals surface area contributed by atoms with Crippen LogP contribution in [0.25, 0.3) is 22.6 Å². The van der Waals surface area contributed by atoms with E-state index >= 15 is 0 Å². The Kier molecular flexibility index (Phi) is 8.84. The number of benzene rings is 2. The molecule has 1 N–H and O–H groups in total. The molecule has 1 aliphatic heterocycles. The third-order valence-corrected chi connectivity index (χ3v) is 6.66. The standard InChI is InChI=1S/C27H31N3O5.C2H6/c1-17-13-21(32-3)7-8-22(17)19-9-11-30(12-10-19)15-20(31)16-33-24-5-4-6-25-23(24)14-26(35-25)27-29-28-18(2)34-27;1-2/h4-8,13-14,19-20,31H,9-12,15-16H2,1-3H3;1-2H3. The number of hydrogen-bond acceptors (Lipinski definition) is 8. The summed E-state index contributed by atoms with van der Waals surface area (Å²) in [6.45, 7) is 10.6. The van der Waals surface area contributed by atoms with Crippen molar-refractivity contribution >= 4 is 11.0 Å². The summed E-state index contributed by atoms with van der Waals surface area (Å²) in [6.07, 6.45) is 1.56. The Morgan fingerprint density at radius 1 is 1.05 bits per heavy atom. The van der Waals surface area contributed by atoms with Crippen LogP contribution in [0.2, 0.25) is 0 Å². The zero-order chi connectivity index (χ0) is 26.4. The number of rotatable bonds is 8. The topological polar surface area (TPSA) is 94.0 Å². The fourth-order valence-electron chi connectivity index (χ4n) is 4.86. The highest BCUT2D eigenvalue weighted by Crippen LogP contribution is 2.34. The third kappa shape index (κ3) is 6.32. The van der Waals surface area contributed by atoms with E-state index in [1.807, 2.05) is 44.2 Å². The molecule has 5 rings (SSSR count). The van der Waals surface area contributed by atoms with Gasteiger partial charge >= 0.3 is 0 Å². The number of hydrogen-bond donors (Lipinski definition) is 1. The van der Waals surface area contributed by atoms with Crippen molar-refractivity contribution in [3.63, 3.8) is 0 Å². The fourth-order valence-corrected chi connectivity index (χ4v) is 4.86. The quantitative estimate of drug-likeness (QED) is 0.322. The maximum atomic E-state index is 10.7. The van der Waals surface area contributed by atoms with Crippen LogP contribution in [-0.4, -0.2) is 59.7 Å². The third-order valence-electron chi connectivity index (χ3n) is 6.66. The van der Waals surface area contributed by atoms with E-state index in [1.165, 1.54) is 11.1 Å². The summed E-state index contributed by atoms with van der Waals surface area (Å²) in [5.41, 5.74) is 3.35. The van der Waals surface area contributed by atoms with Crippen LogP contribution >= 0.6 is 0 Å². The molecule has 4 aromatic rings. The van der Waals surface area contributed by atoms with Crippen LogP contribution in [0.3, 0.4) is 0 Å². The van der Waals surface area contributed by atoms with Crippen molar-refractivity contribution in [1.29, 1.82) is 0 Å². The van der Waals surface area contributed by atoms with E-state index < -0.39 is 6.10 Å². The molecule has 0 spiro atoms. The lowest BCUT2D eigenvalue weighted by Crippen LogP contribution is -2.40. The summed E-state index contributed by atoms with van der Waals surface area (Å²) < 4.78 is 22.6. The normalized spacial score (nSPS) is 15.3. The Labute approximate surface area is 218 Å². The smallest absolute Gasteiger partial charge is 0.283 e. The molecule has 2 aromatic carbocycles. The number of aliphatic hydroxyl groups excluding tert-OH is 1. The highest BCUT2D eigenvalue weighted by atomic mass is 16.5. The van der Waals surface area contributed by atoms with E-state index in [0.717, 1.165) is 37.1 Å². The maximum Gasteiger partial charge on any atom is 0.283 e. The average Bonchev–Trinajstić information content (AvgIpc) is 3.55. The van der Waals surface area contributed by atoms with Gasteiger partial charge in [-0.3, -0.25) is 0 Å². The van der Waals surface area contributed by atoms with Crippen molar-refractivity contribution in [2.24, 2.45) is 0 Å². The summed E-state index contributed by atoms with van der Waals surface area (Å²) in [4.78, 5) is 2.32. The number of fused-ring (bicyclic) bond motifs is 1. The number of ether oxygens (including phenoxy) is 2. The molecule has 2 aromatic heterocycles. The van der Waals surface area contributed by atoms with Crippen LogP contribution in [0.1, 0.15) is 49.6 Å². The minimum atomic E-state index is -0.588. The van der Waals surface area contributed by atoms with Gasteiger partial charge in [-0.1, -0.05) is 26.0 Å². The Morgan fingerprint density at radius 3 is 2.51 bits per heavy atom. The SMILES string of the molecule is CC.COc1ccc(C2CCN(CC(O)COc3cccc4oc(-c5nnc(C)o5)cc34)CC2)c(C)c1. The summed E-state index contributed by atoms with van der Waals surface area (Å²) in [7, 11) is 1.70. The molecule has 8 heteroatoms. The van der Waals surface area contributed by atoms with Crippen molar-refractivity contribution in [3.8, 4) is 23.1 Å². The number of nitrogens with zero attached hydrogens (tertiary/aromatic N) is 3. The van der Waals surface area contributed by atoms with Gasteiger partial charge in [-0.2, -0.15) is 0 Å². The largest absolute Gasteiger partial charge is 0.497 e. The Hall–Kier alpha value is -3.36. The van der Waals surface area contributed by atoms with Crippen molar-refractivity contribution in [2.45, 2.75) is 52.6 Å². The van der Waals surface area contributed by atoms with E-state index in [1.54, 1.807) is 14.0 Å². The number of piperidine rings is 1. The molecule has 198 valence electrons. The lowest BCUT2D eigenvalue weighted by molar-refractivity contribution is 0.0599. The lowest BCUT2D eigenvalue weighted by Gasteiger charge is -2.34. The Morgan fingerprint density at radius 2 is 1.84 bits per heavy atom. The molecule has 0 aliphatic carbocycles. The van der Waals surface area contributed by atoms with Gasteiger partial charge in [0.15, 0.2) is 5.76 Å². The molecule has 0 saturated carbocycles. The second kappa shape index (κ2) is 12.3. The number of furan rings is 1. The van der Waals surface area contributed by atoms with Crippen molar-refractivity contribution in [2.75, 3.05) is 33.4 Å². The predicted octanol–water partition coefficient (Wildman–Crippen LogP) is 5.75. The van der Waals surface area contributed by atoms with Gasteiger partial charge in [-0.15, -0.1) is 10.2 Å². The first-order chi connectivity index (χ1) is 18.0. The van der Waals surface area contributed by atoms with Crippen LogP contribution in [0.15, 0.2) is 51.3 Å². The number of methoxy groups -OCH3 is 1. The second-order valence-electron chi connectivity index (χ2n) is 9.17. The van der Waals surface area contributed by atoms with Crippen LogP contribution in [-0.2, 0) is 0 Å². The molecular formula is C29H37N3O5. The molecule has 3 heterocycles. The van der Waals surface area contributed by atoms with Gasteiger partial charge in [0.2, 0.25) is 5.89 Å². The van der Waals surface area contributed by atoms with E-state index in [-0.39, 0.29) is 6.61 Å². The van der Waals surface area contributed by atoms with Crippen molar-refractivity contribution in [1.82, 2.24) is 15.1 Å². The zero-order valence-electron chi connectivity index (χ0n) is 22.4. The fraction of sp³-hybridized carbons (Fsp3) is 0.448. The van der Waals surface area contributed by atoms with Gasteiger partial charge in [0.1, 0.15) is 29.8 Å². The van der Waals surface area contributed by atoms with Crippen molar-refractivity contribution in [3.05, 3.63) is 59.5 Å². The Balaban J connectivity index is 0.00000156. The van der Waals surface area contributed by atoms with Crippen LogP contribution in [0.4, 0.5) is 0 Å². The molecule has 0 bridgehead atoms. The molecule has 1 atom stereocenters. The molecule has 1 saturated heterocycles. The molecular weight excluding hydrogens is 470 g/mol. The molecule has 0 amide bonds. The number of likely N-dealkylation sites (tertiary alicyclic amines) is 1. The molecule has 1 unspecified atom stereocenters. The van der Waals surface area contributed by atoms with E-state index in [2.05, 4.69) is 34.2 Å². The first-order valence-corrected chi connectivity index (χ1v) is 13.0. The van der Waals surface area contributed by atoms with E-state index in [0.29, 0.717) is 41.3 Å². The number of β-amino-alcohol motifs (C(OH)–C–C–N with tert-alkyl or cyclic N) is 1. The van der Waals surface area contributed by atoms with Crippen molar-refractivity contribution < 1.29 is 23.4 Å². The van der Waals surface area contributed by atoms with Gasteiger partial charge in [-0.05, 0) is 74.2 Å². The molecule has 1 fully saturated rings. The van der Waals surface area contributed by atoms with Gasteiger partial charge < -0.3 is 28.3 Å². The van der Waals surface area contributed by atoms with E-state index in [9.17, 15) is 5.11 Å². The van der Waals surface area contributed by atoms with Crippen LogP contribution < -0.4 is 9.47 Å². The Bertz CT molecular complexity index is 1290. The molecule has 1 aliphatic rings. The van der Waals surface area contributed by atoms with Crippen LogP contribution in [0.5, 0.6) is 11.5 Å². The highest BCUT2D eigenvalue weighted by molar-refractivity contribution is 5.87. The summed E-state index contributed by atoms with van der Waals surface area (Å²) in [5.74, 6) is 3.40. The number of aromatic nitrogens is 2. The number of aliphatic hydroxyl groups is 1. The zero-order valence-corrected chi connectivity index (χ0v) is 22.4. The van der Waals surface area contributed by atoms with Gasteiger partial charge in [0.05, 0.1) is 12.5 Å². The van der Waals surface area contributed by atoms with E-state index in [4.69, 9.17) is 18.3 Å². The summed E-state index contributed by atoms with van der Waals surface area (Å²) in [6, 6.07) is 13.8. The average molecular weight is 508 g/mol. The van der Waals surface area contributed by atoms with Gasteiger partial charge in [0, 0.05) is 19.5 Å². The number of aryl methyl sites for hydroxylation is 2. The highest BCUT2D eigenvalue weighted by Gasteiger charge is 2.24. The van der Waals surface area contributed by atoms with Gasteiger partial charge in [0.25, 0.3) is 5.89 Å². The van der Waals surface area contributed by atoms with Gasteiger partial charge in [-0.25, -0.2) is 0 Å². The summed E-state index contributed by atoms with van der Waals surface area (Å²) >= 11 is 0. The molecule has 0 radical (unpaired) electrons. The first kappa shape index (κ1) is 26.7. The van der Waals surface area contributed by atoms with Crippen LogP contribution in [0, 0.1) is 13.8 Å². The minimum absolute atomic E-state index is 0.205. The minimum Gasteiger partial charge on any atom is -0.497 e. The summed E-state index contributed by atoms with van der Waals surface area (Å²) in [5, 5.41) is 19.3. The lowest BCUT2D eigenvalue weighted by atomic mass is 9.86. The maximum absolute atomic E-state index is 10.7. The monoisotopic (exact) mass is 507 g/mol. The molecule has 8 nitrogen and oxygen atoms in total. The first-order valence-electron chi connectivity index (χ1n) is 13.0. The molecule has 37 heavy (non-hydrogen) atoms. The second-order valence-corrected chi connectivity index (χ2v) is 9.17. The predicted molar refractivity (Wildman–Crippen MR) is 143 cm³/mol.